The summed E-state index contributed by atoms with van der Waals surface area (Å²) in [5.74, 6) is -1.27. The number of ether oxygens (including phenoxy) is 3. The minimum atomic E-state index is -0.899. The maximum absolute atomic E-state index is 12.3. The highest BCUT2D eigenvalue weighted by Gasteiger charge is 2.12. The molecule has 0 aliphatic carbocycles. The summed E-state index contributed by atoms with van der Waals surface area (Å²) in [6, 6.07) is 10.7. The van der Waals surface area contributed by atoms with Crippen molar-refractivity contribution < 1.29 is 28.6 Å². The molecular formula is C23H28N4O6. The van der Waals surface area contributed by atoms with Crippen LogP contribution in [0.3, 0.4) is 0 Å². The van der Waals surface area contributed by atoms with E-state index in [0.717, 1.165) is 16.8 Å². The molecule has 0 heterocycles. The van der Waals surface area contributed by atoms with E-state index in [1.165, 1.54) is 20.4 Å². The van der Waals surface area contributed by atoms with Gasteiger partial charge in [-0.25, -0.2) is 5.43 Å². The zero-order chi connectivity index (χ0) is 24.2. The summed E-state index contributed by atoms with van der Waals surface area (Å²) in [7, 11) is 2.95. The summed E-state index contributed by atoms with van der Waals surface area (Å²) in [5, 5.41) is 8.97. The van der Waals surface area contributed by atoms with Crippen LogP contribution in [0.2, 0.25) is 0 Å². The quantitative estimate of drug-likeness (QED) is 0.215. The second-order valence-electron chi connectivity index (χ2n) is 7.01. The van der Waals surface area contributed by atoms with Crippen LogP contribution in [0.4, 0.5) is 5.69 Å². The maximum Gasteiger partial charge on any atom is 0.329 e. The Morgan fingerprint density at radius 1 is 1.00 bits per heavy atom. The molecule has 0 aliphatic rings. The SMILES string of the molecule is COCCNC(=O)C(=O)N/N=C\c1ccc(OCC(=O)Nc2cc(C)ccc2C)c(OC)c1. The Balaban J connectivity index is 1.91. The van der Waals surface area contributed by atoms with E-state index in [0.29, 0.717) is 23.7 Å². The molecule has 2 rings (SSSR count). The van der Waals surface area contributed by atoms with Gasteiger partial charge in [-0.15, -0.1) is 0 Å². The number of methoxy groups -OCH3 is 2. The van der Waals surface area contributed by atoms with Gasteiger partial charge in [0, 0.05) is 19.3 Å². The first-order valence-electron chi connectivity index (χ1n) is 10.1. The number of hydrogen-bond donors (Lipinski definition) is 3. The fraction of sp³-hybridized carbons (Fsp3) is 0.304. The number of hydrazone groups is 1. The lowest BCUT2D eigenvalue weighted by molar-refractivity contribution is -0.139. The third kappa shape index (κ3) is 8.26. The second-order valence-corrected chi connectivity index (χ2v) is 7.01. The Morgan fingerprint density at radius 3 is 2.52 bits per heavy atom. The number of aryl methyl sites for hydroxylation is 2. The van der Waals surface area contributed by atoms with Gasteiger partial charge in [0.25, 0.3) is 5.91 Å². The minimum absolute atomic E-state index is 0.203. The number of hydrogen-bond acceptors (Lipinski definition) is 7. The van der Waals surface area contributed by atoms with Crippen molar-refractivity contribution in [3.8, 4) is 11.5 Å². The zero-order valence-corrected chi connectivity index (χ0v) is 19.1. The molecule has 10 nitrogen and oxygen atoms in total. The van der Waals surface area contributed by atoms with Gasteiger partial charge < -0.3 is 24.8 Å². The molecule has 3 amide bonds. The van der Waals surface area contributed by atoms with Crippen LogP contribution in [0.25, 0.3) is 0 Å². The van der Waals surface area contributed by atoms with E-state index < -0.39 is 11.8 Å². The Morgan fingerprint density at radius 2 is 1.79 bits per heavy atom. The van der Waals surface area contributed by atoms with Crippen LogP contribution < -0.4 is 25.5 Å². The summed E-state index contributed by atoms with van der Waals surface area (Å²) in [5.41, 5.74) is 5.44. The molecule has 0 aromatic heterocycles. The van der Waals surface area contributed by atoms with Crippen molar-refractivity contribution in [1.82, 2.24) is 10.7 Å². The van der Waals surface area contributed by atoms with Gasteiger partial charge in [-0.3, -0.25) is 14.4 Å². The lowest BCUT2D eigenvalue weighted by Crippen LogP contribution is -2.39. The second kappa shape index (κ2) is 12.8. The monoisotopic (exact) mass is 456 g/mol. The van der Waals surface area contributed by atoms with Crippen LogP contribution in [0.1, 0.15) is 16.7 Å². The molecule has 0 saturated heterocycles. The third-order valence-corrected chi connectivity index (χ3v) is 4.39. The van der Waals surface area contributed by atoms with Crippen LogP contribution in [0.15, 0.2) is 41.5 Å². The molecule has 33 heavy (non-hydrogen) atoms. The Kier molecular flexibility index (Phi) is 9.84. The van der Waals surface area contributed by atoms with Crippen molar-refractivity contribution in [3.63, 3.8) is 0 Å². The van der Waals surface area contributed by atoms with E-state index in [1.807, 2.05) is 32.0 Å². The van der Waals surface area contributed by atoms with Gasteiger partial charge in [0.1, 0.15) is 0 Å². The summed E-state index contributed by atoms with van der Waals surface area (Å²) < 4.78 is 15.7. The molecule has 0 fully saturated rings. The minimum Gasteiger partial charge on any atom is -0.493 e. The predicted molar refractivity (Wildman–Crippen MR) is 124 cm³/mol. The summed E-state index contributed by atoms with van der Waals surface area (Å²) in [4.78, 5) is 35.5. The standard InChI is InChI=1S/C23H28N4O6/c1-15-5-6-16(2)18(11-15)26-21(28)14-33-19-8-7-17(12-20(19)32-4)13-25-27-23(30)22(29)24-9-10-31-3/h5-8,11-13H,9-10,14H2,1-4H3,(H,24,29)(H,26,28)(H,27,30)/b25-13-. The van der Waals surface area contributed by atoms with Crippen molar-refractivity contribution in [2.24, 2.45) is 5.10 Å². The molecule has 0 bridgehead atoms. The van der Waals surface area contributed by atoms with Crippen LogP contribution in [-0.2, 0) is 19.1 Å². The number of carbonyl (C=O) groups excluding carboxylic acids is 3. The van der Waals surface area contributed by atoms with Gasteiger partial charge in [-0.1, -0.05) is 12.1 Å². The zero-order valence-electron chi connectivity index (χ0n) is 19.1. The van der Waals surface area contributed by atoms with Gasteiger partial charge in [0.2, 0.25) is 0 Å². The van der Waals surface area contributed by atoms with Gasteiger partial charge in [-0.05, 0) is 54.8 Å². The normalized spacial score (nSPS) is 10.5. The van der Waals surface area contributed by atoms with Gasteiger partial charge in [0.05, 0.1) is 19.9 Å². The maximum atomic E-state index is 12.3. The number of rotatable bonds is 10. The van der Waals surface area contributed by atoms with Crippen LogP contribution in [0, 0.1) is 13.8 Å². The van der Waals surface area contributed by atoms with E-state index >= 15 is 0 Å². The molecule has 176 valence electrons. The largest absolute Gasteiger partial charge is 0.493 e. The number of benzene rings is 2. The summed E-state index contributed by atoms with van der Waals surface area (Å²) in [6.07, 6.45) is 1.35. The van der Waals surface area contributed by atoms with E-state index in [1.54, 1.807) is 18.2 Å². The number of nitrogens with one attached hydrogen (secondary N) is 3. The highest BCUT2D eigenvalue weighted by atomic mass is 16.5. The highest BCUT2D eigenvalue weighted by Crippen LogP contribution is 2.27. The van der Waals surface area contributed by atoms with Crippen molar-refractivity contribution in [3.05, 3.63) is 53.1 Å². The van der Waals surface area contributed by atoms with E-state index in [2.05, 4.69) is 21.2 Å². The summed E-state index contributed by atoms with van der Waals surface area (Å²) in [6.45, 7) is 4.17. The van der Waals surface area contributed by atoms with Crippen molar-refractivity contribution >= 4 is 29.6 Å². The third-order valence-electron chi connectivity index (χ3n) is 4.39. The first kappa shape index (κ1) is 25.3. The molecule has 0 saturated carbocycles. The lowest BCUT2D eigenvalue weighted by Gasteiger charge is -2.12. The summed E-state index contributed by atoms with van der Waals surface area (Å²) >= 11 is 0. The number of amides is 3. The average molecular weight is 456 g/mol. The Hall–Kier alpha value is -3.92. The number of carbonyl (C=O) groups is 3. The molecule has 2 aromatic carbocycles. The molecule has 0 unspecified atom stereocenters. The van der Waals surface area contributed by atoms with Gasteiger partial charge >= 0.3 is 11.8 Å². The van der Waals surface area contributed by atoms with Crippen LogP contribution in [-0.4, -0.2) is 57.9 Å². The fourth-order valence-electron chi connectivity index (χ4n) is 2.65. The Bertz CT molecular complexity index is 1020. The van der Waals surface area contributed by atoms with Crippen LogP contribution >= 0.6 is 0 Å². The molecule has 10 heteroatoms. The smallest absolute Gasteiger partial charge is 0.329 e. The lowest BCUT2D eigenvalue weighted by atomic mass is 10.1. The highest BCUT2D eigenvalue weighted by molar-refractivity contribution is 6.35. The van der Waals surface area contributed by atoms with E-state index in [-0.39, 0.29) is 19.1 Å². The molecular weight excluding hydrogens is 428 g/mol. The van der Waals surface area contributed by atoms with Crippen molar-refractivity contribution in [2.75, 3.05) is 39.3 Å². The molecule has 2 aromatic rings. The first-order chi connectivity index (χ1) is 15.8. The van der Waals surface area contributed by atoms with E-state index in [9.17, 15) is 14.4 Å². The molecule has 0 aliphatic heterocycles. The molecule has 0 radical (unpaired) electrons. The first-order valence-corrected chi connectivity index (χ1v) is 10.1. The van der Waals surface area contributed by atoms with Gasteiger partial charge in [0.15, 0.2) is 18.1 Å². The predicted octanol–water partition coefficient (Wildman–Crippen LogP) is 1.54. The van der Waals surface area contributed by atoms with Crippen molar-refractivity contribution in [2.45, 2.75) is 13.8 Å². The topological polar surface area (TPSA) is 127 Å². The number of anilines is 1. The molecule has 3 N–H and O–H groups in total. The molecule has 0 atom stereocenters. The van der Waals surface area contributed by atoms with E-state index in [4.69, 9.17) is 14.2 Å². The Labute approximate surface area is 192 Å². The number of nitrogens with zero attached hydrogens (tertiary/aromatic N) is 1. The average Bonchev–Trinajstić information content (AvgIpc) is 2.80. The van der Waals surface area contributed by atoms with Crippen molar-refractivity contribution in [1.29, 1.82) is 0 Å². The fourth-order valence-corrected chi connectivity index (χ4v) is 2.65. The van der Waals surface area contributed by atoms with Gasteiger partial charge in [-0.2, -0.15) is 5.10 Å². The molecule has 0 spiro atoms. The van der Waals surface area contributed by atoms with Crippen LogP contribution in [0.5, 0.6) is 11.5 Å².